The number of carbonyl (C=O) groups excluding carboxylic acids is 1. The summed E-state index contributed by atoms with van der Waals surface area (Å²) in [5.41, 5.74) is 3.08. The molecule has 0 heterocycles. The minimum absolute atomic E-state index is 0.132. The molecule has 0 aliphatic heterocycles. The Morgan fingerprint density at radius 1 is 0.452 bits per heavy atom. The Kier molecular flexibility index (Phi) is 16.7. The standard InChI is InChI=1S/C25H27P.C19H24F2.C12H12F2O/c1-4-14-23(15-5-1)26(24-16-6-2-7-17-24,25-18-8-3-9-19-25)21-20-22-12-10-11-13-22;20-18-11-17(12-19(21)13-18)16-9-7-15(8-10-16)6-5-14-3-1-2-4-14;13-10-5-9(6-11(14)7-10)8-1-3-12(15)4-2-8/h1-9,14-19,21-22H,10-13,20H2;6,11-14,16H,1-5,7-10H2;5-8H,1-4H2. The van der Waals surface area contributed by atoms with Gasteiger partial charge in [0.25, 0.3) is 0 Å². The quantitative estimate of drug-likeness (QED) is 0.0820. The SMILES string of the molecule is C(CC1CCCC1)=P(c1ccccc1)(c1ccccc1)c1ccccc1.Fc1cc(F)cc(C2CCC(=CCC3CCCC3)CC2)c1.O=C1CCC(c2cc(F)cc(F)c2)CC1. The molecule has 326 valence electrons. The zero-order chi connectivity index (χ0) is 43.2. The summed E-state index contributed by atoms with van der Waals surface area (Å²) in [6, 6.07) is 41.1. The van der Waals surface area contributed by atoms with E-state index in [1.165, 1.54) is 104 Å². The maximum absolute atomic E-state index is 13.3. The van der Waals surface area contributed by atoms with E-state index in [0.29, 0.717) is 37.2 Å². The Labute approximate surface area is 368 Å². The topological polar surface area (TPSA) is 17.1 Å². The molecule has 0 N–H and O–H groups in total. The predicted octanol–water partition coefficient (Wildman–Crippen LogP) is 14.7. The zero-order valence-electron chi connectivity index (χ0n) is 36.2. The Morgan fingerprint density at radius 2 is 0.806 bits per heavy atom. The molecule has 4 aliphatic carbocycles. The van der Waals surface area contributed by atoms with E-state index >= 15 is 0 Å². The lowest BCUT2D eigenvalue weighted by molar-refractivity contribution is -0.120. The van der Waals surface area contributed by atoms with E-state index in [1.807, 2.05) is 0 Å². The zero-order valence-corrected chi connectivity index (χ0v) is 37.1. The fourth-order valence-corrected chi connectivity index (χ4v) is 14.4. The number of halogens is 4. The molecule has 4 fully saturated rings. The van der Waals surface area contributed by atoms with Crippen LogP contribution in [0.5, 0.6) is 0 Å². The van der Waals surface area contributed by atoms with Crippen molar-refractivity contribution < 1.29 is 22.4 Å². The predicted molar refractivity (Wildman–Crippen MR) is 253 cm³/mol. The highest BCUT2D eigenvalue weighted by atomic mass is 31.2. The van der Waals surface area contributed by atoms with Gasteiger partial charge in [0.1, 0.15) is 29.1 Å². The summed E-state index contributed by atoms with van der Waals surface area (Å²) in [4.78, 5) is 11.0. The summed E-state index contributed by atoms with van der Waals surface area (Å²) in [5.74, 6) is 3.21. The van der Waals surface area contributed by atoms with Crippen LogP contribution in [0.4, 0.5) is 17.6 Å². The Balaban J connectivity index is 0.000000145. The molecule has 62 heavy (non-hydrogen) atoms. The normalized spacial score (nSPS) is 18.7. The minimum Gasteiger partial charge on any atom is -0.300 e. The number of allylic oxidation sites excluding steroid dienone is 2. The maximum atomic E-state index is 13.3. The Bertz CT molecular complexity index is 2090. The number of Topliss-reactive ketones (excluding diaryl/α,β-unsaturated/α-hetero) is 1. The number of rotatable bonds is 9. The van der Waals surface area contributed by atoms with Gasteiger partial charge in [0.05, 0.1) is 0 Å². The van der Waals surface area contributed by atoms with Gasteiger partial charge in [-0.1, -0.05) is 160 Å². The van der Waals surface area contributed by atoms with Crippen LogP contribution in [0.25, 0.3) is 0 Å². The molecule has 4 aliphatic rings. The van der Waals surface area contributed by atoms with Gasteiger partial charge in [0, 0.05) is 25.0 Å². The minimum atomic E-state index is -1.73. The maximum Gasteiger partial charge on any atom is 0.132 e. The Hall–Kier alpha value is -4.47. The van der Waals surface area contributed by atoms with E-state index in [9.17, 15) is 22.4 Å². The van der Waals surface area contributed by atoms with E-state index in [4.69, 9.17) is 0 Å². The van der Waals surface area contributed by atoms with Gasteiger partial charge >= 0.3 is 0 Å². The molecule has 0 amide bonds. The first kappa shape index (κ1) is 45.6. The van der Waals surface area contributed by atoms with Crippen LogP contribution < -0.4 is 15.9 Å². The molecule has 0 atom stereocenters. The summed E-state index contributed by atoms with van der Waals surface area (Å²) in [6.45, 7) is -1.73. The van der Waals surface area contributed by atoms with Gasteiger partial charge in [-0.2, -0.15) is 0 Å². The Morgan fingerprint density at radius 3 is 1.19 bits per heavy atom. The van der Waals surface area contributed by atoms with E-state index in [2.05, 4.69) is 103 Å². The van der Waals surface area contributed by atoms with Crippen molar-refractivity contribution in [2.45, 2.75) is 127 Å². The van der Waals surface area contributed by atoms with Crippen LogP contribution >= 0.6 is 6.89 Å². The smallest absolute Gasteiger partial charge is 0.132 e. The van der Waals surface area contributed by atoms with Gasteiger partial charge in [0.2, 0.25) is 0 Å². The first-order chi connectivity index (χ1) is 30.2. The molecule has 4 saturated carbocycles. The van der Waals surface area contributed by atoms with E-state index in [1.54, 1.807) is 5.57 Å². The van der Waals surface area contributed by atoms with Crippen molar-refractivity contribution in [2.24, 2.45) is 11.8 Å². The van der Waals surface area contributed by atoms with Crippen molar-refractivity contribution in [1.82, 2.24) is 0 Å². The van der Waals surface area contributed by atoms with Gasteiger partial charge in [-0.15, -0.1) is 0 Å². The lowest BCUT2D eigenvalue weighted by atomic mass is 9.81. The number of hydrogen-bond donors (Lipinski definition) is 0. The van der Waals surface area contributed by atoms with E-state index in [-0.39, 0.29) is 11.7 Å². The van der Waals surface area contributed by atoms with Crippen LogP contribution in [0, 0.1) is 35.1 Å². The van der Waals surface area contributed by atoms with Gasteiger partial charge in [-0.3, -0.25) is 4.79 Å². The molecule has 0 aromatic heterocycles. The van der Waals surface area contributed by atoms with Gasteiger partial charge < -0.3 is 0 Å². The van der Waals surface area contributed by atoms with Crippen LogP contribution in [-0.4, -0.2) is 11.6 Å². The van der Waals surface area contributed by atoms with Crippen molar-refractivity contribution in [3.05, 3.63) is 173 Å². The highest BCUT2D eigenvalue weighted by Crippen LogP contribution is 2.45. The van der Waals surface area contributed by atoms with Crippen LogP contribution in [0.2, 0.25) is 0 Å². The second-order valence-electron chi connectivity index (χ2n) is 18.0. The van der Waals surface area contributed by atoms with Crippen LogP contribution in [-0.2, 0) is 4.79 Å². The van der Waals surface area contributed by atoms with Crippen LogP contribution in [0.1, 0.15) is 139 Å². The van der Waals surface area contributed by atoms with E-state index in [0.717, 1.165) is 55.2 Å². The number of ketones is 1. The van der Waals surface area contributed by atoms with Gasteiger partial charge in [-0.25, -0.2) is 17.6 Å². The third-order valence-electron chi connectivity index (χ3n) is 13.8. The molecule has 0 saturated heterocycles. The van der Waals surface area contributed by atoms with Crippen molar-refractivity contribution in [3.63, 3.8) is 0 Å². The molecule has 1 nitrogen and oxygen atoms in total. The third-order valence-corrected chi connectivity index (χ3v) is 17.9. The largest absolute Gasteiger partial charge is 0.300 e. The molecular formula is C56H63F4OP. The van der Waals surface area contributed by atoms with Gasteiger partial charge in [-0.05, 0) is 133 Å². The van der Waals surface area contributed by atoms with E-state index < -0.39 is 30.2 Å². The average molecular weight is 859 g/mol. The van der Waals surface area contributed by atoms with Crippen molar-refractivity contribution >= 4 is 34.4 Å². The second-order valence-corrected chi connectivity index (χ2v) is 21.4. The summed E-state index contributed by atoms with van der Waals surface area (Å²) in [6.07, 6.45) is 22.9. The fraction of sp³-hybridized carbons (Fsp3) is 0.393. The molecule has 0 bridgehead atoms. The number of carbonyl (C=O) groups is 1. The first-order valence-electron chi connectivity index (χ1n) is 23.3. The summed E-state index contributed by atoms with van der Waals surface area (Å²) in [7, 11) is 0. The van der Waals surface area contributed by atoms with Crippen LogP contribution in [0.3, 0.4) is 0 Å². The summed E-state index contributed by atoms with van der Waals surface area (Å²) >= 11 is 0. The van der Waals surface area contributed by atoms with Gasteiger partial charge in [0.15, 0.2) is 0 Å². The van der Waals surface area contributed by atoms with Crippen molar-refractivity contribution in [1.29, 1.82) is 0 Å². The first-order valence-corrected chi connectivity index (χ1v) is 25.1. The lowest BCUT2D eigenvalue weighted by Gasteiger charge is -2.29. The average Bonchev–Trinajstić information content (AvgIpc) is 4.03. The molecule has 0 unspecified atom stereocenters. The molecular weight excluding hydrogens is 796 g/mol. The molecule has 9 rings (SSSR count). The number of benzene rings is 5. The fourth-order valence-electron chi connectivity index (χ4n) is 10.3. The highest BCUT2D eigenvalue weighted by molar-refractivity contribution is 7.94. The summed E-state index contributed by atoms with van der Waals surface area (Å²) < 4.78 is 52.5. The molecule has 0 radical (unpaired) electrons. The lowest BCUT2D eigenvalue weighted by Crippen LogP contribution is -2.27. The second kappa shape index (κ2) is 22.8. The molecule has 5 aromatic carbocycles. The summed E-state index contributed by atoms with van der Waals surface area (Å²) in [5, 5.41) is 4.40. The molecule has 0 spiro atoms. The van der Waals surface area contributed by atoms with Crippen LogP contribution in [0.15, 0.2) is 139 Å². The highest BCUT2D eigenvalue weighted by Gasteiger charge is 2.26. The molecule has 6 heteroatoms. The van der Waals surface area contributed by atoms with Crippen molar-refractivity contribution in [2.75, 3.05) is 0 Å². The number of hydrogen-bond acceptors (Lipinski definition) is 1. The van der Waals surface area contributed by atoms with Crippen molar-refractivity contribution in [3.8, 4) is 0 Å². The third kappa shape index (κ3) is 12.6. The molecule has 5 aromatic rings. The monoisotopic (exact) mass is 858 g/mol.